The summed E-state index contributed by atoms with van der Waals surface area (Å²) in [5, 5.41) is 2.55. The molecule has 0 rings (SSSR count). The van der Waals surface area contributed by atoms with Gasteiger partial charge in [-0.1, -0.05) is 13.8 Å². The Morgan fingerprint density at radius 3 is 2.36 bits per heavy atom. The molecule has 1 amide bonds. The zero-order valence-corrected chi connectivity index (χ0v) is 9.30. The van der Waals surface area contributed by atoms with Crippen LogP contribution in [-0.2, 0) is 9.59 Å². The monoisotopic (exact) mass is 220 g/mol. The minimum Gasteiger partial charge on any atom is -0.345 e. The Labute approximate surface area is 89.2 Å². The van der Waals surface area contributed by atoms with Gasteiger partial charge in [0.15, 0.2) is 5.78 Å². The standard InChI is InChI=1S/C9H17ClN2O2/c1-6(2)3-7(8(13)4-10)12-9(14)5-11/h6-7H,3-5,11H2,1-2H3,(H,12,14). The zero-order valence-electron chi connectivity index (χ0n) is 8.55. The normalized spacial score (nSPS) is 12.6. The molecule has 1 atom stereocenters. The van der Waals surface area contributed by atoms with E-state index < -0.39 is 6.04 Å². The molecule has 0 aliphatic heterocycles. The van der Waals surface area contributed by atoms with Crippen molar-refractivity contribution in [2.24, 2.45) is 11.7 Å². The van der Waals surface area contributed by atoms with E-state index in [9.17, 15) is 9.59 Å². The Hall–Kier alpha value is -0.610. The lowest BCUT2D eigenvalue weighted by Crippen LogP contribution is -2.44. The molecule has 14 heavy (non-hydrogen) atoms. The number of hydrogen-bond acceptors (Lipinski definition) is 3. The van der Waals surface area contributed by atoms with Crippen LogP contribution in [0.4, 0.5) is 0 Å². The quantitative estimate of drug-likeness (QED) is 0.632. The second-order valence-electron chi connectivity index (χ2n) is 3.55. The number of rotatable bonds is 6. The van der Waals surface area contributed by atoms with E-state index in [1.54, 1.807) is 0 Å². The minimum atomic E-state index is -0.497. The van der Waals surface area contributed by atoms with Gasteiger partial charge >= 0.3 is 0 Å². The summed E-state index contributed by atoms with van der Waals surface area (Å²) in [7, 11) is 0. The van der Waals surface area contributed by atoms with E-state index in [-0.39, 0.29) is 24.1 Å². The second-order valence-corrected chi connectivity index (χ2v) is 3.82. The van der Waals surface area contributed by atoms with Crippen LogP contribution in [-0.4, -0.2) is 30.2 Å². The average molecular weight is 221 g/mol. The van der Waals surface area contributed by atoms with E-state index in [1.807, 2.05) is 13.8 Å². The number of amides is 1. The first-order chi connectivity index (χ1) is 6.51. The van der Waals surface area contributed by atoms with Crippen molar-refractivity contribution < 1.29 is 9.59 Å². The van der Waals surface area contributed by atoms with Gasteiger partial charge in [-0.05, 0) is 12.3 Å². The average Bonchev–Trinajstić information content (AvgIpc) is 2.14. The first kappa shape index (κ1) is 13.4. The first-order valence-electron chi connectivity index (χ1n) is 4.59. The third-order valence-corrected chi connectivity index (χ3v) is 2.01. The fourth-order valence-electron chi connectivity index (χ4n) is 1.09. The fraction of sp³-hybridized carbons (Fsp3) is 0.778. The highest BCUT2D eigenvalue weighted by Gasteiger charge is 2.19. The van der Waals surface area contributed by atoms with Gasteiger partial charge in [-0.3, -0.25) is 9.59 Å². The predicted molar refractivity (Wildman–Crippen MR) is 56.2 cm³/mol. The molecule has 0 spiro atoms. The Kier molecular flexibility index (Phi) is 6.49. The Morgan fingerprint density at radius 1 is 1.43 bits per heavy atom. The van der Waals surface area contributed by atoms with E-state index >= 15 is 0 Å². The molecule has 0 fully saturated rings. The molecule has 1 unspecified atom stereocenters. The number of ketones is 1. The molecule has 0 bridgehead atoms. The Balaban J connectivity index is 4.24. The lowest BCUT2D eigenvalue weighted by atomic mass is 10.0. The van der Waals surface area contributed by atoms with Crippen LogP contribution in [0.2, 0.25) is 0 Å². The number of halogens is 1. The third kappa shape index (κ3) is 5.19. The number of nitrogens with one attached hydrogen (secondary N) is 1. The van der Waals surface area contributed by atoms with Gasteiger partial charge in [0.1, 0.15) is 0 Å². The number of Topliss-reactive ketones (excluding diaryl/α,β-unsaturated/α-hetero) is 1. The summed E-state index contributed by atoms with van der Waals surface area (Å²) < 4.78 is 0. The summed E-state index contributed by atoms with van der Waals surface area (Å²) in [5.74, 6) is -0.246. The minimum absolute atomic E-state index is 0.0811. The van der Waals surface area contributed by atoms with Gasteiger partial charge in [0.25, 0.3) is 0 Å². The van der Waals surface area contributed by atoms with Crippen molar-refractivity contribution in [1.82, 2.24) is 5.32 Å². The number of nitrogens with two attached hydrogens (primary N) is 1. The summed E-state index contributed by atoms with van der Waals surface area (Å²) in [6.45, 7) is 3.84. The highest BCUT2D eigenvalue weighted by molar-refractivity contribution is 6.28. The van der Waals surface area contributed by atoms with Crippen molar-refractivity contribution in [3.63, 3.8) is 0 Å². The Bertz CT molecular complexity index is 207. The molecule has 3 N–H and O–H groups in total. The molecule has 4 nitrogen and oxygen atoms in total. The molecule has 82 valence electrons. The number of hydrogen-bond donors (Lipinski definition) is 2. The first-order valence-corrected chi connectivity index (χ1v) is 5.12. The number of carbonyl (C=O) groups excluding carboxylic acids is 2. The van der Waals surface area contributed by atoms with Gasteiger partial charge in [0.05, 0.1) is 18.5 Å². The smallest absolute Gasteiger partial charge is 0.234 e. The van der Waals surface area contributed by atoms with Gasteiger partial charge in [-0.15, -0.1) is 11.6 Å². The van der Waals surface area contributed by atoms with E-state index in [2.05, 4.69) is 5.32 Å². The van der Waals surface area contributed by atoms with Gasteiger partial charge in [0.2, 0.25) is 5.91 Å². The molecule has 0 aromatic heterocycles. The highest BCUT2D eigenvalue weighted by Crippen LogP contribution is 2.06. The van der Waals surface area contributed by atoms with Crippen LogP contribution in [0.1, 0.15) is 20.3 Å². The van der Waals surface area contributed by atoms with Crippen molar-refractivity contribution >= 4 is 23.3 Å². The number of alkyl halides is 1. The molecular formula is C9H17ClN2O2. The van der Waals surface area contributed by atoms with Gasteiger partial charge in [0, 0.05) is 0 Å². The molecule has 0 aromatic rings. The van der Waals surface area contributed by atoms with E-state index in [1.165, 1.54) is 0 Å². The fourth-order valence-corrected chi connectivity index (χ4v) is 1.27. The predicted octanol–water partition coefficient (Wildman–Crippen LogP) is 0.284. The van der Waals surface area contributed by atoms with Crippen molar-refractivity contribution in [2.45, 2.75) is 26.3 Å². The van der Waals surface area contributed by atoms with Gasteiger partial charge in [-0.25, -0.2) is 0 Å². The van der Waals surface area contributed by atoms with Crippen LogP contribution in [0.15, 0.2) is 0 Å². The summed E-state index contributed by atoms with van der Waals surface area (Å²) in [6.07, 6.45) is 0.595. The van der Waals surface area contributed by atoms with Crippen molar-refractivity contribution in [3.8, 4) is 0 Å². The topological polar surface area (TPSA) is 72.2 Å². The van der Waals surface area contributed by atoms with Crippen LogP contribution >= 0.6 is 11.6 Å². The van der Waals surface area contributed by atoms with Gasteiger partial charge in [-0.2, -0.15) is 0 Å². The van der Waals surface area contributed by atoms with Crippen LogP contribution in [0.25, 0.3) is 0 Å². The molecule has 0 radical (unpaired) electrons. The van der Waals surface area contributed by atoms with Crippen LogP contribution in [0.3, 0.4) is 0 Å². The lowest BCUT2D eigenvalue weighted by Gasteiger charge is -2.17. The second kappa shape index (κ2) is 6.79. The van der Waals surface area contributed by atoms with Crippen LogP contribution < -0.4 is 11.1 Å². The summed E-state index contributed by atoms with van der Waals surface area (Å²) in [5.41, 5.74) is 5.14. The van der Waals surface area contributed by atoms with Crippen molar-refractivity contribution in [1.29, 1.82) is 0 Å². The SMILES string of the molecule is CC(C)CC(NC(=O)CN)C(=O)CCl. The summed E-state index contributed by atoms with van der Waals surface area (Å²) >= 11 is 5.42. The van der Waals surface area contributed by atoms with Gasteiger partial charge < -0.3 is 11.1 Å². The maximum atomic E-state index is 11.3. The van der Waals surface area contributed by atoms with E-state index in [4.69, 9.17) is 17.3 Å². The Morgan fingerprint density at radius 2 is 2.00 bits per heavy atom. The molecule has 0 aliphatic carbocycles. The largest absolute Gasteiger partial charge is 0.345 e. The molecule has 0 saturated heterocycles. The maximum absolute atomic E-state index is 11.3. The summed E-state index contributed by atoms with van der Waals surface area (Å²) in [4.78, 5) is 22.3. The van der Waals surface area contributed by atoms with E-state index in [0.29, 0.717) is 12.3 Å². The molecule has 0 heterocycles. The lowest BCUT2D eigenvalue weighted by molar-refractivity contribution is -0.126. The maximum Gasteiger partial charge on any atom is 0.234 e. The van der Waals surface area contributed by atoms with Crippen molar-refractivity contribution in [3.05, 3.63) is 0 Å². The molecule has 0 saturated carbocycles. The molecule has 0 aromatic carbocycles. The number of carbonyl (C=O) groups is 2. The molecular weight excluding hydrogens is 204 g/mol. The molecule has 5 heteroatoms. The van der Waals surface area contributed by atoms with E-state index in [0.717, 1.165) is 0 Å². The molecule has 0 aliphatic rings. The highest BCUT2D eigenvalue weighted by atomic mass is 35.5. The van der Waals surface area contributed by atoms with Crippen molar-refractivity contribution in [2.75, 3.05) is 12.4 Å². The summed E-state index contributed by atoms with van der Waals surface area (Å²) in [6, 6.07) is -0.497. The zero-order chi connectivity index (χ0) is 11.1. The van der Waals surface area contributed by atoms with Crippen LogP contribution in [0.5, 0.6) is 0 Å². The van der Waals surface area contributed by atoms with Crippen LogP contribution in [0, 0.1) is 5.92 Å². The third-order valence-electron chi connectivity index (χ3n) is 1.75.